The number of nitrogens with zero attached hydrogens (tertiary/aromatic N) is 1. The second-order valence-electron chi connectivity index (χ2n) is 6.35. The topological polar surface area (TPSA) is 15.3 Å². The first-order valence-corrected chi connectivity index (χ1v) is 7.35. The molecule has 3 heteroatoms. The highest BCUT2D eigenvalue weighted by atomic mass is 32.1. The van der Waals surface area contributed by atoms with Gasteiger partial charge in [0.25, 0.3) is 0 Å². The molecule has 1 saturated heterocycles. The van der Waals surface area contributed by atoms with Gasteiger partial charge in [0.15, 0.2) is 0 Å². The van der Waals surface area contributed by atoms with Crippen molar-refractivity contribution < 1.29 is 0 Å². The highest BCUT2D eigenvalue weighted by molar-refractivity contribution is 7.07. The van der Waals surface area contributed by atoms with Gasteiger partial charge in [0.2, 0.25) is 0 Å². The Bertz CT molecular complexity index is 354. The number of thiophene rings is 1. The molecule has 0 spiro atoms. The van der Waals surface area contributed by atoms with Crippen LogP contribution in [0.5, 0.6) is 0 Å². The molecule has 0 radical (unpaired) electrons. The summed E-state index contributed by atoms with van der Waals surface area (Å²) in [5.41, 5.74) is 1.98. The average Bonchev–Trinajstić information content (AvgIpc) is 2.73. The summed E-state index contributed by atoms with van der Waals surface area (Å²) in [5, 5.41) is 8.07. The summed E-state index contributed by atoms with van der Waals surface area (Å²) >= 11 is 1.80. The standard InChI is InChI=1S/C14H24N2S/c1-13(2)11-16(14(3,4)10-15-13)7-5-12-6-8-17-9-12/h6,8-9,15H,5,7,10-11H2,1-4H3. The fraction of sp³-hybridized carbons (Fsp3) is 0.714. The monoisotopic (exact) mass is 252 g/mol. The van der Waals surface area contributed by atoms with Gasteiger partial charge in [-0.2, -0.15) is 11.3 Å². The SMILES string of the molecule is CC1(C)CN(CCc2ccsc2)C(C)(C)CN1. The molecule has 2 nitrogen and oxygen atoms in total. The third-order valence-electron chi connectivity index (χ3n) is 3.69. The quantitative estimate of drug-likeness (QED) is 0.890. The van der Waals surface area contributed by atoms with E-state index in [1.807, 2.05) is 0 Å². The minimum Gasteiger partial charge on any atom is -0.309 e. The molecule has 1 aliphatic heterocycles. The van der Waals surface area contributed by atoms with Gasteiger partial charge in [-0.3, -0.25) is 4.90 Å². The molecule has 0 bridgehead atoms. The van der Waals surface area contributed by atoms with Crippen molar-refractivity contribution in [1.29, 1.82) is 0 Å². The highest BCUT2D eigenvalue weighted by Gasteiger charge is 2.36. The van der Waals surface area contributed by atoms with Gasteiger partial charge in [-0.1, -0.05) is 0 Å². The zero-order valence-electron chi connectivity index (χ0n) is 11.4. The van der Waals surface area contributed by atoms with E-state index in [2.05, 4.69) is 54.7 Å². The van der Waals surface area contributed by atoms with E-state index in [4.69, 9.17) is 0 Å². The van der Waals surface area contributed by atoms with E-state index >= 15 is 0 Å². The average molecular weight is 252 g/mol. The van der Waals surface area contributed by atoms with Gasteiger partial charge < -0.3 is 5.32 Å². The van der Waals surface area contributed by atoms with Crippen LogP contribution in [0.15, 0.2) is 16.8 Å². The summed E-state index contributed by atoms with van der Waals surface area (Å²) in [7, 11) is 0. The molecule has 0 atom stereocenters. The lowest BCUT2D eigenvalue weighted by Gasteiger charge is -2.49. The van der Waals surface area contributed by atoms with E-state index in [1.165, 1.54) is 12.0 Å². The zero-order valence-corrected chi connectivity index (χ0v) is 12.2. The van der Waals surface area contributed by atoms with Crippen molar-refractivity contribution in [2.45, 2.75) is 45.2 Å². The molecule has 0 saturated carbocycles. The van der Waals surface area contributed by atoms with Crippen LogP contribution >= 0.6 is 11.3 Å². The normalized spacial score (nSPS) is 23.8. The maximum absolute atomic E-state index is 3.63. The maximum Gasteiger partial charge on any atom is 0.0278 e. The molecule has 17 heavy (non-hydrogen) atoms. The molecule has 1 aromatic heterocycles. The summed E-state index contributed by atoms with van der Waals surface area (Å²) in [4.78, 5) is 2.63. The van der Waals surface area contributed by atoms with Crippen molar-refractivity contribution in [1.82, 2.24) is 10.2 Å². The Balaban J connectivity index is 1.97. The lowest BCUT2D eigenvalue weighted by molar-refractivity contribution is 0.0404. The van der Waals surface area contributed by atoms with Gasteiger partial charge in [0, 0.05) is 30.7 Å². The van der Waals surface area contributed by atoms with Gasteiger partial charge in [-0.15, -0.1) is 0 Å². The number of hydrogen-bond donors (Lipinski definition) is 1. The number of nitrogens with one attached hydrogen (secondary N) is 1. The molecule has 1 aromatic rings. The van der Waals surface area contributed by atoms with Gasteiger partial charge in [-0.25, -0.2) is 0 Å². The van der Waals surface area contributed by atoms with Gasteiger partial charge in [-0.05, 0) is 56.5 Å². The summed E-state index contributed by atoms with van der Waals surface area (Å²) in [6, 6.07) is 2.24. The Hall–Kier alpha value is -0.380. The van der Waals surface area contributed by atoms with Gasteiger partial charge in [0.05, 0.1) is 0 Å². The largest absolute Gasteiger partial charge is 0.309 e. The van der Waals surface area contributed by atoms with E-state index in [9.17, 15) is 0 Å². The van der Waals surface area contributed by atoms with E-state index in [0.717, 1.165) is 19.6 Å². The second-order valence-corrected chi connectivity index (χ2v) is 7.13. The third kappa shape index (κ3) is 3.30. The lowest BCUT2D eigenvalue weighted by Crippen LogP contribution is -2.66. The van der Waals surface area contributed by atoms with Crippen molar-refractivity contribution in [3.05, 3.63) is 22.4 Å². The van der Waals surface area contributed by atoms with E-state index in [-0.39, 0.29) is 11.1 Å². The molecule has 0 aromatic carbocycles. The Morgan fingerprint density at radius 3 is 2.76 bits per heavy atom. The fourth-order valence-corrected chi connectivity index (χ4v) is 3.10. The molecule has 1 aliphatic rings. The molecule has 2 rings (SSSR count). The Morgan fingerprint density at radius 2 is 2.12 bits per heavy atom. The zero-order chi connectivity index (χ0) is 12.5. The van der Waals surface area contributed by atoms with Crippen molar-refractivity contribution in [2.75, 3.05) is 19.6 Å². The Morgan fingerprint density at radius 1 is 1.35 bits per heavy atom. The predicted octanol–water partition coefficient (Wildman–Crippen LogP) is 2.75. The molecule has 0 aliphatic carbocycles. The molecule has 0 unspecified atom stereocenters. The van der Waals surface area contributed by atoms with Crippen LogP contribution in [-0.4, -0.2) is 35.6 Å². The number of piperazine rings is 1. The molecule has 96 valence electrons. The van der Waals surface area contributed by atoms with Crippen molar-refractivity contribution in [3.63, 3.8) is 0 Å². The Labute approximate surface area is 109 Å². The molecule has 2 heterocycles. The molecular weight excluding hydrogens is 228 g/mol. The predicted molar refractivity (Wildman–Crippen MR) is 75.8 cm³/mol. The van der Waals surface area contributed by atoms with Crippen LogP contribution in [-0.2, 0) is 6.42 Å². The van der Waals surface area contributed by atoms with Crippen molar-refractivity contribution >= 4 is 11.3 Å². The minimum absolute atomic E-state index is 0.240. The van der Waals surface area contributed by atoms with E-state index in [0.29, 0.717) is 0 Å². The number of rotatable bonds is 3. The molecular formula is C14H24N2S. The van der Waals surface area contributed by atoms with Crippen LogP contribution in [0, 0.1) is 0 Å². The van der Waals surface area contributed by atoms with Crippen molar-refractivity contribution in [2.24, 2.45) is 0 Å². The summed E-state index contributed by atoms with van der Waals surface area (Å²) in [6.07, 6.45) is 1.17. The second kappa shape index (κ2) is 4.71. The van der Waals surface area contributed by atoms with Crippen LogP contribution < -0.4 is 5.32 Å². The maximum atomic E-state index is 3.63. The van der Waals surface area contributed by atoms with E-state index in [1.54, 1.807) is 11.3 Å². The molecule has 1 N–H and O–H groups in total. The van der Waals surface area contributed by atoms with Gasteiger partial charge >= 0.3 is 0 Å². The summed E-state index contributed by atoms with van der Waals surface area (Å²) in [5.74, 6) is 0. The van der Waals surface area contributed by atoms with Crippen LogP contribution in [0.1, 0.15) is 33.3 Å². The smallest absolute Gasteiger partial charge is 0.0278 e. The van der Waals surface area contributed by atoms with Crippen molar-refractivity contribution in [3.8, 4) is 0 Å². The molecule has 1 fully saturated rings. The third-order valence-corrected chi connectivity index (χ3v) is 4.42. The Kier molecular flexibility index (Phi) is 3.62. The van der Waals surface area contributed by atoms with Crippen LogP contribution in [0.2, 0.25) is 0 Å². The fourth-order valence-electron chi connectivity index (χ4n) is 2.40. The highest BCUT2D eigenvalue weighted by Crippen LogP contribution is 2.23. The lowest BCUT2D eigenvalue weighted by atomic mass is 9.91. The van der Waals surface area contributed by atoms with Crippen LogP contribution in [0.4, 0.5) is 0 Å². The molecule has 0 amide bonds. The summed E-state index contributed by atoms with van der Waals surface area (Å²) < 4.78 is 0. The van der Waals surface area contributed by atoms with Gasteiger partial charge in [0.1, 0.15) is 0 Å². The first-order valence-electron chi connectivity index (χ1n) is 6.40. The van der Waals surface area contributed by atoms with Crippen LogP contribution in [0.3, 0.4) is 0 Å². The summed E-state index contributed by atoms with van der Waals surface area (Å²) in [6.45, 7) is 12.6. The van der Waals surface area contributed by atoms with Crippen LogP contribution in [0.25, 0.3) is 0 Å². The number of hydrogen-bond acceptors (Lipinski definition) is 3. The first kappa shape index (κ1) is 13.1. The minimum atomic E-state index is 0.240. The first-order chi connectivity index (χ1) is 7.89. The van der Waals surface area contributed by atoms with E-state index < -0.39 is 0 Å².